The molecule has 1 heterocycles. The molecular formula is C106H110F4N2O3. The first kappa shape index (κ1) is 75.7. The van der Waals surface area contributed by atoms with Gasteiger partial charge in [-0.05, 0) is 239 Å². The Morgan fingerprint density at radius 2 is 1.39 bits per heavy atom. The minimum absolute atomic E-state index is 0.00576. The van der Waals surface area contributed by atoms with Crippen LogP contribution in [0.4, 0.5) is 17.6 Å². The molecule has 1 fully saturated rings. The molecule has 5 nitrogen and oxygen atoms in total. The molecule has 0 saturated carbocycles. The summed E-state index contributed by atoms with van der Waals surface area (Å²) < 4.78 is 84.0. The lowest BCUT2D eigenvalue weighted by Crippen LogP contribution is -2.44. The number of hydrogen-bond donors (Lipinski definition) is 0. The summed E-state index contributed by atoms with van der Waals surface area (Å²) in [7, 11) is 0. The van der Waals surface area contributed by atoms with E-state index in [1.54, 1.807) is 5.57 Å². The molecular weight excluding hydrogens is 1430 g/mol. The zero-order chi connectivity index (χ0) is 78.4. The molecule has 0 aromatic heterocycles. The van der Waals surface area contributed by atoms with Gasteiger partial charge in [0.25, 0.3) is 0 Å². The number of ether oxygens (including phenoxy) is 3. The summed E-state index contributed by atoms with van der Waals surface area (Å²) in [5.41, 5.74) is 24.0. The Morgan fingerprint density at radius 1 is 0.583 bits per heavy atom. The second-order valence-electron chi connectivity index (χ2n) is 35.8. The topological polar surface area (TPSA) is 34.2 Å². The Kier molecular flexibility index (Phi) is 20.6. The number of halogens is 4. The lowest BCUT2D eigenvalue weighted by molar-refractivity contribution is -0.00301. The van der Waals surface area contributed by atoms with Crippen molar-refractivity contribution in [3.05, 3.63) is 374 Å². The zero-order valence-corrected chi connectivity index (χ0v) is 67.3. The molecule has 0 spiro atoms. The highest BCUT2D eigenvalue weighted by Crippen LogP contribution is 2.67. The molecule has 19 unspecified atom stereocenters. The molecule has 590 valence electrons. The van der Waals surface area contributed by atoms with Crippen LogP contribution in [0.2, 0.25) is 0 Å². The van der Waals surface area contributed by atoms with E-state index in [2.05, 4.69) is 263 Å². The minimum Gasteiger partial charge on any atom is -0.486 e. The van der Waals surface area contributed by atoms with E-state index in [0.29, 0.717) is 31.1 Å². The van der Waals surface area contributed by atoms with Crippen LogP contribution in [0.3, 0.4) is 0 Å². The van der Waals surface area contributed by atoms with E-state index in [1.807, 2.05) is 18.2 Å². The molecule has 15 aliphatic rings. The van der Waals surface area contributed by atoms with Gasteiger partial charge in [0.05, 0.1) is 35.9 Å². The number of nitrogens with zero attached hydrogens (tertiary/aromatic N) is 2. The molecule has 9 heteroatoms. The highest BCUT2D eigenvalue weighted by atomic mass is 19.2. The maximum Gasteiger partial charge on any atom is 0.156 e. The van der Waals surface area contributed by atoms with Crippen LogP contribution in [0.1, 0.15) is 192 Å². The molecule has 115 heavy (non-hydrogen) atoms. The van der Waals surface area contributed by atoms with Crippen LogP contribution >= 0.6 is 0 Å². The van der Waals surface area contributed by atoms with Crippen LogP contribution in [0.5, 0.6) is 5.75 Å². The Morgan fingerprint density at radius 3 is 2.17 bits per heavy atom. The molecule has 19 atom stereocenters. The van der Waals surface area contributed by atoms with Gasteiger partial charge in [0, 0.05) is 83.3 Å². The number of alkyl halides is 2. The normalized spacial score (nSPS) is 34.2. The van der Waals surface area contributed by atoms with Crippen LogP contribution in [0, 0.1) is 55.3 Å². The van der Waals surface area contributed by atoms with E-state index in [9.17, 15) is 0 Å². The second kappa shape index (κ2) is 31.3. The maximum atomic E-state index is 16.3. The average molecular weight is 1540 g/mol. The molecule has 19 rings (SSSR count). The second-order valence-corrected chi connectivity index (χ2v) is 35.8. The zero-order valence-electron chi connectivity index (χ0n) is 67.3. The maximum absolute atomic E-state index is 16.3. The number of fused-ring (bicyclic) bond motifs is 9. The molecule has 0 bridgehead atoms. The van der Waals surface area contributed by atoms with Gasteiger partial charge < -0.3 is 24.0 Å². The molecule has 0 N–H and O–H groups in total. The minimum atomic E-state index is -1.62. The number of rotatable bonds is 18. The van der Waals surface area contributed by atoms with E-state index in [1.165, 1.54) is 78.4 Å². The molecule has 0 radical (unpaired) electrons. The van der Waals surface area contributed by atoms with E-state index in [0.717, 1.165) is 123 Å². The fourth-order valence-electron chi connectivity index (χ4n) is 23.8. The van der Waals surface area contributed by atoms with Gasteiger partial charge in [0.1, 0.15) is 30.0 Å². The summed E-state index contributed by atoms with van der Waals surface area (Å²) in [6.45, 7) is 17.2. The molecule has 1 aliphatic heterocycles. The predicted molar refractivity (Wildman–Crippen MR) is 457 cm³/mol. The molecule has 4 aromatic rings. The monoisotopic (exact) mass is 1530 g/mol. The van der Waals surface area contributed by atoms with Crippen molar-refractivity contribution >= 4 is 0 Å². The number of benzene rings is 4. The largest absolute Gasteiger partial charge is 0.486 e. The summed E-state index contributed by atoms with van der Waals surface area (Å²) in [6.07, 6.45) is 65.3. The summed E-state index contributed by atoms with van der Waals surface area (Å²) in [5, 5.41) is 0. The quantitative estimate of drug-likeness (QED) is 0.0733. The van der Waals surface area contributed by atoms with Gasteiger partial charge in [-0.1, -0.05) is 248 Å². The van der Waals surface area contributed by atoms with Crippen molar-refractivity contribution in [1.29, 1.82) is 0 Å². The summed E-state index contributed by atoms with van der Waals surface area (Å²) in [4.78, 5) is 4.63. The number of hydrogen-bond acceptors (Lipinski definition) is 5. The fraction of sp³-hybridized carbons (Fsp3) is 0.396. The first-order valence-corrected chi connectivity index (χ1v) is 43.5. The van der Waals surface area contributed by atoms with Crippen LogP contribution < -0.4 is 4.74 Å². The van der Waals surface area contributed by atoms with Crippen molar-refractivity contribution in [1.82, 2.24) is 9.80 Å². The predicted octanol–water partition coefficient (Wildman–Crippen LogP) is 25.8. The van der Waals surface area contributed by atoms with Crippen LogP contribution in [-0.2, 0) is 20.3 Å². The van der Waals surface area contributed by atoms with Gasteiger partial charge in [-0.3, -0.25) is 0 Å². The summed E-state index contributed by atoms with van der Waals surface area (Å²) >= 11 is 0. The van der Waals surface area contributed by atoms with Gasteiger partial charge in [-0.2, -0.15) is 0 Å². The van der Waals surface area contributed by atoms with Gasteiger partial charge in [-0.25, -0.2) is 17.6 Å². The van der Waals surface area contributed by atoms with E-state index < -0.39 is 29.4 Å². The van der Waals surface area contributed by atoms with Crippen molar-refractivity contribution in [2.45, 2.75) is 221 Å². The number of aryl methyl sites for hydroxylation is 2. The Labute approximate surface area is 679 Å². The fourth-order valence-corrected chi connectivity index (χ4v) is 23.8. The lowest BCUT2D eigenvalue weighted by atomic mass is 9.54. The molecule has 4 aromatic carbocycles. The van der Waals surface area contributed by atoms with E-state index in [4.69, 9.17) is 14.2 Å². The van der Waals surface area contributed by atoms with Crippen LogP contribution in [0.25, 0.3) is 0 Å². The molecule has 14 aliphatic carbocycles. The van der Waals surface area contributed by atoms with Crippen molar-refractivity contribution in [3.63, 3.8) is 0 Å². The first-order chi connectivity index (χ1) is 56.1. The van der Waals surface area contributed by atoms with Gasteiger partial charge in [-0.15, -0.1) is 0 Å². The summed E-state index contributed by atoms with van der Waals surface area (Å²) in [5.74, 6) is 0.907. The highest BCUT2D eigenvalue weighted by Gasteiger charge is 2.59. The Balaban J connectivity index is 0.650. The van der Waals surface area contributed by atoms with E-state index >= 15 is 17.6 Å². The van der Waals surface area contributed by atoms with Crippen LogP contribution in [0.15, 0.2) is 329 Å². The Hall–Kier alpha value is -9.28. The number of allylic oxidation sites excluding steroid dienone is 27. The van der Waals surface area contributed by atoms with Gasteiger partial charge >= 0.3 is 0 Å². The van der Waals surface area contributed by atoms with Crippen molar-refractivity contribution in [2.24, 2.45) is 41.4 Å². The first-order valence-electron chi connectivity index (χ1n) is 43.5. The van der Waals surface area contributed by atoms with Crippen molar-refractivity contribution < 1.29 is 31.8 Å². The molecule has 1 saturated heterocycles. The smallest absolute Gasteiger partial charge is 0.156 e. The highest BCUT2D eigenvalue weighted by molar-refractivity contribution is 5.65. The third kappa shape index (κ3) is 13.6. The standard InChI is InChI=1S/C106H110F4N2O3/c1-7-69-27-41-83(42-28-69)113-85-45-33-75(34-46-85)105(95-55-65(3)23-25-67(95)5)93-21-11-9-19-87(93)89-49-31-73(59-97(89)105)71-15-13-17-77(57-71)111(81-37-51-99(107)101(109)63-81)79-39-53-103-91(61-79)92-62-80(40-54-104(92)115-103)112(82-38-52-100(108)102(110)64-82)78-18-14-16-72(58-78)74-32-50-90-88-20-10-12-22-94(88)106(98(90)60-74,96-56-66(4)24-26-68(96)6)76-35-47-86(48-36-76)114-84-43-29-70(8-2)30-44-84/h7-15,18-29,33-35,37,40-41,45-47,54-55,57-62,64,66,72,76-77,83-84,86,89-92,97-99,101,103-104H,1-2,16-17,30-32,36,38-39,42-44,48-53,56,63H2,3-6H3. The van der Waals surface area contributed by atoms with Crippen LogP contribution in [-0.4, -0.2) is 58.7 Å². The Bertz CT molecular complexity index is 5180. The van der Waals surface area contributed by atoms with E-state index in [-0.39, 0.29) is 103 Å². The van der Waals surface area contributed by atoms with Crippen molar-refractivity contribution in [2.75, 3.05) is 0 Å². The van der Waals surface area contributed by atoms with Gasteiger partial charge in [0.15, 0.2) is 5.83 Å². The summed E-state index contributed by atoms with van der Waals surface area (Å²) in [6, 6.07) is 34.4. The third-order valence-electron chi connectivity index (χ3n) is 29.3. The SMILES string of the molecule is C=CC1=CCC(Oc2ccc(C3(c4cc(C)ccc4C)c4ccccc4C4CCC(C5=CC(N(C6=CC7C(CC6)OC6C=CC(N(C8=CC(C9=CC%10C(CC9)c9ccccc9C%10(C9=C(C)C=CC(C)C9)C9C=CC(OC%10CC=C(C=C)CC%10)CC9)CC=C8)C8=CC(F)=C(F)CC8)=CC67)C6=CCC(F)C(F)C6)CC=C5)=CC43)cc2)C=C1. The third-order valence-corrected chi connectivity index (χ3v) is 29.3. The van der Waals surface area contributed by atoms with Crippen molar-refractivity contribution in [3.8, 4) is 5.75 Å². The average Bonchev–Trinajstić information content (AvgIpc) is 1.54. The molecule has 0 amide bonds. The lowest BCUT2D eigenvalue weighted by Gasteiger charge is -2.49. The van der Waals surface area contributed by atoms with Gasteiger partial charge in [0.2, 0.25) is 0 Å².